The maximum Gasteiger partial charge on any atom is 0.413 e. The summed E-state index contributed by atoms with van der Waals surface area (Å²) < 4.78 is 40.4. The molecule has 8 heteroatoms. The predicted octanol–water partition coefficient (Wildman–Crippen LogP) is 5.84. The van der Waals surface area contributed by atoms with E-state index >= 15 is 0 Å². The quantitative estimate of drug-likeness (QED) is 0.228. The molecule has 4 nitrogen and oxygen atoms in total. The molecule has 0 aromatic carbocycles. The van der Waals surface area contributed by atoms with Crippen molar-refractivity contribution in [3.63, 3.8) is 0 Å². The first-order chi connectivity index (χ1) is 14.0. The van der Waals surface area contributed by atoms with Crippen molar-refractivity contribution in [3.8, 4) is 0 Å². The third kappa shape index (κ3) is 8.63. The lowest BCUT2D eigenvalue weighted by atomic mass is 9.96. The number of allylic oxidation sites excluding steroid dienone is 1. The number of alkyl halides is 3. The third-order valence-electron chi connectivity index (χ3n) is 5.42. The maximum absolute atomic E-state index is 13.5. The van der Waals surface area contributed by atoms with Gasteiger partial charge in [0.1, 0.15) is 5.60 Å². The molecule has 0 aromatic heterocycles. The van der Waals surface area contributed by atoms with Crippen LogP contribution in [-0.2, 0) is 4.79 Å². The first-order valence-electron chi connectivity index (χ1n) is 10.8. The molecule has 0 unspecified atom stereocenters. The minimum absolute atomic E-state index is 0.0310. The summed E-state index contributed by atoms with van der Waals surface area (Å²) in [5.74, 6) is -0.0725. The molecular formula is C22H35F3O4S. The van der Waals surface area contributed by atoms with E-state index in [4.69, 9.17) is 5.11 Å². The third-order valence-corrected chi connectivity index (χ3v) is 6.77. The van der Waals surface area contributed by atoms with Gasteiger partial charge in [-0.25, -0.2) is 0 Å². The second-order valence-electron chi connectivity index (χ2n) is 8.13. The molecular weight excluding hydrogens is 417 g/mol. The molecule has 0 bridgehead atoms. The van der Waals surface area contributed by atoms with Gasteiger partial charge in [0, 0.05) is 23.3 Å². The van der Waals surface area contributed by atoms with Gasteiger partial charge < -0.3 is 15.3 Å². The van der Waals surface area contributed by atoms with E-state index in [2.05, 4.69) is 13.8 Å². The minimum atomic E-state index is -4.61. The van der Waals surface area contributed by atoms with Crippen molar-refractivity contribution in [1.82, 2.24) is 0 Å². The highest BCUT2D eigenvalue weighted by Crippen LogP contribution is 2.49. The zero-order valence-electron chi connectivity index (χ0n) is 17.9. The van der Waals surface area contributed by atoms with Crippen LogP contribution in [-0.4, -0.2) is 44.9 Å². The number of carboxylic acid groups (broad SMARTS) is 1. The SMILES string of the molecule is CCCC[C@@H](C)CC/C=C/[C@@]1(O)C(SCCCCCC(=O)O)=C(C(F)(F)F)C[C@H]1O. The topological polar surface area (TPSA) is 77.8 Å². The highest BCUT2D eigenvalue weighted by molar-refractivity contribution is 8.03. The van der Waals surface area contributed by atoms with Crippen LogP contribution in [0.15, 0.2) is 22.6 Å². The molecule has 0 saturated heterocycles. The van der Waals surface area contributed by atoms with E-state index in [1.54, 1.807) is 6.08 Å². The lowest BCUT2D eigenvalue weighted by Crippen LogP contribution is -2.37. The summed E-state index contributed by atoms with van der Waals surface area (Å²) in [5, 5.41) is 29.8. The van der Waals surface area contributed by atoms with E-state index in [9.17, 15) is 28.2 Å². The van der Waals surface area contributed by atoms with Crippen LogP contribution in [0.2, 0.25) is 0 Å². The number of hydrogen-bond acceptors (Lipinski definition) is 4. The van der Waals surface area contributed by atoms with Gasteiger partial charge in [-0.1, -0.05) is 45.6 Å². The standard InChI is InChI=1S/C22H35F3O4S/c1-3-4-10-16(2)11-7-8-13-21(29)18(26)15-17(22(23,24)25)20(21)30-14-9-5-6-12-19(27)28/h8,13,16,18,26,29H,3-7,9-12,14-15H2,1-2H3,(H,27,28)/b13-8+/t16-,18-,21+/m1/s1. The fraction of sp³-hybridized carbons (Fsp3) is 0.773. The van der Waals surface area contributed by atoms with Gasteiger partial charge in [0.25, 0.3) is 0 Å². The van der Waals surface area contributed by atoms with Crippen molar-refractivity contribution >= 4 is 17.7 Å². The molecule has 1 aliphatic rings. The molecule has 0 heterocycles. The Hall–Kier alpha value is -0.990. The highest BCUT2D eigenvalue weighted by atomic mass is 32.2. The average molecular weight is 453 g/mol. The molecule has 0 saturated carbocycles. The molecule has 0 fully saturated rings. The van der Waals surface area contributed by atoms with Crippen molar-refractivity contribution in [3.05, 3.63) is 22.6 Å². The van der Waals surface area contributed by atoms with E-state index in [0.29, 0.717) is 37.4 Å². The van der Waals surface area contributed by atoms with Crippen LogP contribution >= 0.6 is 11.8 Å². The number of rotatable bonds is 14. The second kappa shape index (κ2) is 12.8. The van der Waals surface area contributed by atoms with Crippen molar-refractivity contribution in [2.24, 2.45) is 5.92 Å². The minimum Gasteiger partial charge on any atom is -0.481 e. The van der Waals surface area contributed by atoms with Crippen LogP contribution < -0.4 is 0 Å². The summed E-state index contributed by atoms with van der Waals surface area (Å²) in [6.45, 7) is 4.26. The summed E-state index contributed by atoms with van der Waals surface area (Å²) in [5.41, 5.74) is -2.89. The van der Waals surface area contributed by atoms with Crippen LogP contribution in [0.25, 0.3) is 0 Å². The smallest absolute Gasteiger partial charge is 0.413 e. The fourth-order valence-electron chi connectivity index (χ4n) is 3.54. The van der Waals surface area contributed by atoms with Gasteiger partial charge in [-0.15, -0.1) is 11.8 Å². The lowest BCUT2D eigenvalue weighted by molar-refractivity contribution is -0.137. The van der Waals surface area contributed by atoms with Crippen LogP contribution in [0, 0.1) is 5.92 Å². The summed E-state index contributed by atoms with van der Waals surface area (Å²) in [4.78, 5) is 10.3. The predicted molar refractivity (Wildman–Crippen MR) is 114 cm³/mol. The number of aliphatic hydroxyl groups excluding tert-OH is 1. The Morgan fingerprint density at radius 2 is 1.97 bits per heavy atom. The Kier molecular flexibility index (Phi) is 11.5. The van der Waals surface area contributed by atoms with Crippen molar-refractivity contribution < 1.29 is 33.3 Å². The number of unbranched alkanes of at least 4 members (excludes halogenated alkanes) is 3. The Morgan fingerprint density at radius 3 is 2.57 bits per heavy atom. The van der Waals surface area contributed by atoms with Gasteiger partial charge in [0.05, 0.1) is 6.10 Å². The van der Waals surface area contributed by atoms with E-state index in [1.165, 1.54) is 6.08 Å². The number of halogens is 3. The number of thioether (sulfide) groups is 1. The first-order valence-corrected chi connectivity index (χ1v) is 11.7. The maximum atomic E-state index is 13.5. The normalized spacial score (nSPS) is 23.5. The molecule has 174 valence electrons. The Balaban J connectivity index is 2.78. The number of carboxylic acids is 1. The monoisotopic (exact) mass is 452 g/mol. The summed E-state index contributed by atoms with van der Waals surface area (Å²) >= 11 is 0.915. The van der Waals surface area contributed by atoms with Crippen LogP contribution in [0.5, 0.6) is 0 Å². The van der Waals surface area contributed by atoms with E-state index < -0.39 is 35.8 Å². The van der Waals surface area contributed by atoms with Gasteiger partial charge in [0.15, 0.2) is 0 Å². The first kappa shape index (κ1) is 27.0. The summed E-state index contributed by atoms with van der Waals surface area (Å²) in [6.07, 6.45) is 2.72. The largest absolute Gasteiger partial charge is 0.481 e. The lowest BCUT2D eigenvalue weighted by Gasteiger charge is -2.27. The molecule has 0 amide bonds. The van der Waals surface area contributed by atoms with E-state index in [-0.39, 0.29) is 11.3 Å². The number of carbonyl (C=O) groups is 1. The zero-order chi connectivity index (χ0) is 22.8. The van der Waals surface area contributed by atoms with Gasteiger partial charge in [0.2, 0.25) is 0 Å². The molecule has 0 radical (unpaired) electrons. The van der Waals surface area contributed by atoms with Crippen LogP contribution in [0.3, 0.4) is 0 Å². The molecule has 3 atom stereocenters. The fourth-order valence-corrected chi connectivity index (χ4v) is 4.90. The number of aliphatic hydroxyl groups is 2. The number of aliphatic carboxylic acids is 1. The molecule has 3 N–H and O–H groups in total. The summed E-state index contributed by atoms with van der Waals surface area (Å²) in [6, 6.07) is 0. The molecule has 1 aliphatic carbocycles. The Labute approximate surface area is 181 Å². The van der Waals surface area contributed by atoms with Gasteiger partial charge >= 0.3 is 12.1 Å². The second-order valence-corrected chi connectivity index (χ2v) is 9.24. The Bertz CT molecular complexity index is 604. The molecule has 1 rings (SSSR count). The molecule has 30 heavy (non-hydrogen) atoms. The summed E-state index contributed by atoms with van der Waals surface area (Å²) in [7, 11) is 0. The molecule has 0 aromatic rings. The highest BCUT2D eigenvalue weighted by Gasteiger charge is 2.52. The molecule has 0 aliphatic heterocycles. The van der Waals surface area contributed by atoms with Gasteiger partial charge in [-0.2, -0.15) is 13.2 Å². The molecule has 0 spiro atoms. The van der Waals surface area contributed by atoms with Crippen molar-refractivity contribution in [1.29, 1.82) is 0 Å². The van der Waals surface area contributed by atoms with Crippen LogP contribution in [0.4, 0.5) is 13.2 Å². The van der Waals surface area contributed by atoms with Gasteiger partial charge in [-0.3, -0.25) is 4.79 Å². The number of hydrogen-bond donors (Lipinski definition) is 3. The van der Waals surface area contributed by atoms with Gasteiger partial charge in [-0.05, 0) is 43.4 Å². The van der Waals surface area contributed by atoms with E-state index in [0.717, 1.165) is 37.4 Å². The zero-order valence-corrected chi connectivity index (χ0v) is 18.7. The van der Waals surface area contributed by atoms with Crippen molar-refractivity contribution in [2.45, 2.75) is 95.9 Å². The van der Waals surface area contributed by atoms with Crippen molar-refractivity contribution in [2.75, 3.05) is 5.75 Å². The average Bonchev–Trinajstić information content (AvgIpc) is 2.91. The van der Waals surface area contributed by atoms with E-state index in [1.807, 2.05) is 0 Å². The van der Waals surface area contributed by atoms with Crippen LogP contribution in [0.1, 0.15) is 78.1 Å². The Morgan fingerprint density at radius 1 is 1.27 bits per heavy atom.